The molecule has 1 unspecified atom stereocenters. The van der Waals surface area contributed by atoms with Gasteiger partial charge in [0.15, 0.2) is 0 Å². The molecule has 1 amide bonds. The molecule has 0 aromatic heterocycles. The summed E-state index contributed by atoms with van der Waals surface area (Å²) in [6.07, 6.45) is 5.58. The maximum atomic E-state index is 13.1. The zero-order valence-electron chi connectivity index (χ0n) is 8.98. The third kappa shape index (κ3) is 1.98. The highest BCUT2D eigenvalue weighted by atomic mass is 19.1. The smallest absolute Gasteiger partial charge is 0.228 e. The number of hydrogen-bond acceptors (Lipinski definition) is 2. The van der Waals surface area contributed by atoms with Gasteiger partial charge < -0.3 is 4.90 Å². The quantitative estimate of drug-likeness (QED) is 0.686. The average molecular weight is 228 g/mol. The van der Waals surface area contributed by atoms with E-state index in [2.05, 4.69) is 5.92 Å². The third-order valence-electron chi connectivity index (χ3n) is 2.74. The number of hydrogen-bond donors (Lipinski definition) is 0. The second kappa shape index (κ2) is 4.27. The van der Waals surface area contributed by atoms with Crippen LogP contribution in [-0.2, 0) is 4.79 Å². The van der Waals surface area contributed by atoms with Crippen LogP contribution in [0.5, 0.6) is 0 Å². The molecule has 0 N–H and O–H groups in total. The fourth-order valence-corrected chi connectivity index (χ4v) is 1.84. The molecule has 3 nitrogen and oxygen atoms in total. The first-order chi connectivity index (χ1) is 8.15. The van der Waals surface area contributed by atoms with Crippen molar-refractivity contribution >= 4 is 11.6 Å². The van der Waals surface area contributed by atoms with Crippen molar-refractivity contribution < 1.29 is 9.18 Å². The van der Waals surface area contributed by atoms with E-state index < -0.39 is 5.82 Å². The van der Waals surface area contributed by atoms with E-state index in [0.29, 0.717) is 18.7 Å². The van der Waals surface area contributed by atoms with Crippen LogP contribution in [0.25, 0.3) is 0 Å². The number of terminal acetylenes is 1. The molecule has 0 saturated carbocycles. The highest BCUT2D eigenvalue weighted by Crippen LogP contribution is 2.26. The largest absolute Gasteiger partial charge is 0.311 e. The summed E-state index contributed by atoms with van der Waals surface area (Å²) in [5.41, 5.74) is 0.449. The van der Waals surface area contributed by atoms with Crippen LogP contribution in [0.15, 0.2) is 18.2 Å². The molecule has 4 heteroatoms. The lowest BCUT2D eigenvalue weighted by Crippen LogP contribution is -2.24. The van der Waals surface area contributed by atoms with Gasteiger partial charge in [-0.15, -0.1) is 12.3 Å². The molecule has 1 aromatic carbocycles. The van der Waals surface area contributed by atoms with Gasteiger partial charge in [0.05, 0.1) is 5.56 Å². The Balaban J connectivity index is 2.34. The molecule has 0 radical (unpaired) electrons. The van der Waals surface area contributed by atoms with Gasteiger partial charge in [0.25, 0.3) is 0 Å². The lowest BCUT2D eigenvalue weighted by Gasteiger charge is -2.16. The first kappa shape index (κ1) is 11.2. The molecule has 1 aliphatic rings. The Labute approximate surface area is 98.5 Å². The van der Waals surface area contributed by atoms with Gasteiger partial charge in [-0.3, -0.25) is 4.79 Å². The number of nitrogens with zero attached hydrogens (tertiary/aromatic N) is 2. The molecule has 1 fully saturated rings. The summed E-state index contributed by atoms with van der Waals surface area (Å²) in [5.74, 6) is 1.74. The molecule has 0 bridgehead atoms. The zero-order chi connectivity index (χ0) is 12.4. The number of benzene rings is 1. The molecule has 1 saturated heterocycles. The van der Waals surface area contributed by atoms with Crippen LogP contribution in [0.2, 0.25) is 0 Å². The van der Waals surface area contributed by atoms with Crippen molar-refractivity contribution in [3.05, 3.63) is 29.6 Å². The van der Waals surface area contributed by atoms with Crippen molar-refractivity contribution in [2.45, 2.75) is 6.42 Å². The topological polar surface area (TPSA) is 44.1 Å². The molecule has 0 aliphatic carbocycles. The van der Waals surface area contributed by atoms with E-state index in [1.165, 1.54) is 23.1 Å². The number of halogens is 1. The van der Waals surface area contributed by atoms with Gasteiger partial charge in [0.2, 0.25) is 5.91 Å². The maximum Gasteiger partial charge on any atom is 0.228 e. The zero-order valence-corrected chi connectivity index (χ0v) is 8.98. The monoisotopic (exact) mass is 228 g/mol. The lowest BCUT2D eigenvalue weighted by molar-refractivity contribution is -0.117. The van der Waals surface area contributed by atoms with Gasteiger partial charge in [-0.2, -0.15) is 5.26 Å². The van der Waals surface area contributed by atoms with Gasteiger partial charge in [-0.25, -0.2) is 4.39 Å². The summed E-state index contributed by atoms with van der Waals surface area (Å²) in [6.45, 7) is 0.422. The van der Waals surface area contributed by atoms with Crippen molar-refractivity contribution in [3.63, 3.8) is 0 Å². The van der Waals surface area contributed by atoms with Crippen LogP contribution in [0.4, 0.5) is 10.1 Å². The van der Waals surface area contributed by atoms with Crippen LogP contribution >= 0.6 is 0 Å². The SMILES string of the molecule is C#CC1CC(=O)N(c2ccc(F)c(C#N)c2)C1. The van der Waals surface area contributed by atoms with Crippen molar-refractivity contribution in [1.29, 1.82) is 5.26 Å². The highest BCUT2D eigenvalue weighted by molar-refractivity contribution is 5.96. The Bertz CT molecular complexity index is 554. The first-order valence-corrected chi connectivity index (χ1v) is 5.12. The van der Waals surface area contributed by atoms with Crippen molar-refractivity contribution in [2.75, 3.05) is 11.4 Å². The summed E-state index contributed by atoms with van der Waals surface area (Å²) in [4.78, 5) is 13.2. The third-order valence-corrected chi connectivity index (χ3v) is 2.74. The van der Waals surface area contributed by atoms with E-state index in [-0.39, 0.29) is 17.4 Å². The van der Waals surface area contributed by atoms with E-state index in [9.17, 15) is 9.18 Å². The predicted octanol–water partition coefficient (Wildman–Crippen LogP) is 1.68. The number of rotatable bonds is 1. The van der Waals surface area contributed by atoms with Gasteiger partial charge in [0.1, 0.15) is 11.9 Å². The van der Waals surface area contributed by atoms with E-state index >= 15 is 0 Å². The minimum Gasteiger partial charge on any atom is -0.311 e. The maximum absolute atomic E-state index is 13.1. The Hall–Kier alpha value is -2.33. The molecule has 1 heterocycles. The second-order valence-corrected chi connectivity index (χ2v) is 3.85. The lowest BCUT2D eigenvalue weighted by atomic mass is 10.1. The number of anilines is 1. The Kier molecular flexibility index (Phi) is 2.80. The van der Waals surface area contributed by atoms with Crippen molar-refractivity contribution in [1.82, 2.24) is 0 Å². The molecular formula is C13H9FN2O. The van der Waals surface area contributed by atoms with Gasteiger partial charge in [-0.05, 0) is 18.2 Å². The van der Waals surface area contributed by atoms with Gasteiger partial charge in [-0.1, -0.05) is 0 Å². The van der Waals surface area contributed by atoms with E-state index in [0.717, 1.165) is 0 Å². The predicted molar refractivity (Wildman–Crippen MR) is 60.4 cm³/mol. The van der Waals surface area contributed by atoms with Crippen LogP contribution in [0, 0.1) is 35.4 Å². The Morgan fingerprint density at radius 3 is 2.88 bits per heavy atom. The molecule has 1 aliphatic heterocycles. The minimum atomic E-state index is -0.587. The summed E-state index contributed by atoms with van der Waals surface area (Å²) >= 11 is 0. The summed E-state index contributed by atoms with van der Waals surface area (Å²) in [5, 5.41) is 8.72. The fraction of sp³-hybridized carbons (Fsp3) is 0.231. The normalized spacial score (nSPS) is 18.9. The fourth-order valence-electron chi connectivity index (χ4n) is 1.84. The average Bonchev–Trinajstić information content (AvgIpc) is 2.71. The van der Waals surface area contributed by atoms with Crippen LogP contribution in [0.3, 0.4) is 0 Å². The Morgan fingerprint density at radius 2 is 2.29 bits per heavy atom. The van der Waals surface area contributed by atoms with Crippen molar-refractivity contribution in [2.24, 2.45) is 5.92 Å². The second-order valence-electron chi connectivity index (χ2n) is 3.85. The minimum absolute atomic E-state index is 0.0699. The Morgan fingerprint density at radius 1 is 1.53 bits per heavy atom. The number of carbonyl (C=O) groups is 1. The first-order valence-electron chi connectivity index (χ1n) is 5.12. The number of carbonyl (C=O) groups excluding carboxylic acids is 1. The van der Waals surface area contributed by atoms with Gasteiger partial charge >= 0.3 is 0 Å². The molecule has 0 spiro atoms. The van der Waals surface area contributed by atoms with Crippen LogP contribution in [-0.4, -0.2) is 12.5 Å². The number of amides is 1. The molecule has 84 valence electrons. The van der Waals surface area contributed by atoms with E-state index in [1.807, 2.05) is 0 Å². The summed E-state index contributed by atoms with van der Waals surface area (Å²) in [7, 11) is 0. The highest BCUT2D eigenvalue weighted by Gasteiger charge is 2.29. The molecule has 1 atom stereocenters. The van der Waals surface area contributed by atoms with E-state index in [1.54, 1.807) is 6.07 Å². The van der Waals surface area contributed by atoms with Crippen molar-refractivity contribution in [3.8, 4) is 18.4 Å². The number of nitriles is 1. The van der Waals surface area contributed by atoms with Crippen LogP contribution < -0.4 is 4.90 Å². The summed E-state index contributed by atoms with van der Waals surface area (Å²) < 4.78 is 13.1. The van der Waals surface area contributed by atoms with Gasteiger partial charge in [0, 0.05) is 24.6 Å². The van der Waals surface area contributed by atoms with E-state index in [4.69, 9.17) is 11.7 Å². The standard InChI is InChI=1S/C13H9FN2O/c1-2-9-5-13(17)16(8-9)11-3-4-12(14)10(6-11)7-15/h1,3-4,6,9H,5,8H2. The molecule has 17 heavy (non-hydrogen) atoms. The van der Waals surface area contributed by atoms with Crippen LogP contribution in [0.1, 0.15) is 12.0 Å². The molecule has 1 aromatic rings. The molecular weight excluding hydrogens is 219 g/mol. The molecule has 2 rings (SSSR count). The summed E-state index contributed by atoms with van der Waals surface area (Å²) in [6, 6.07) is 5.78.